The van der Waals surface area contributed by atoms with E-state index in [0.717, 1.165) is 12.8 Å². The predicted octanol–water partition coefficient (Wildman–Crippen LogP) is 1.26. The van der Waals surface area contributed by atoms with Gasteiger partial charge in [-0.3, -0.25) is 9.59 Å². The number of fused-ring (bicyclic) bond motifs is 2. The molecule has 0 aromatic carbocycles. The number of rotatable bonds is 1. The Morgan fingerprint density at radius 3 is 2.07 bits per heavy atom. The van der Waals surface area contributed by atoms with Crippen molar-refractivity contribution in [3.63, 3.8) is 0 Å². The maximum atomic E-state index is 11.9. The molecular weight excluding hydrogens is 178 g/mol. The summed E-state index contributed by atoms with van der Waals surface area (Å²) in [5.74, 6) is -0.0791. The van der Waals surface area contributed by atoms with Gasteiger partial charge in [0.2, 0.25) is 5.91 Å². The first kappa shape index (κ1) is 9.69. The molecule has 0 heterocycles. The van der Waals surface area contributed by atoms with Crippen molar-refractivity contribution in [2.45, 2.75) is 40.0 Å². The van der Waals surface area contributed by atoms with Crippen molar-refractivity contribution in [1.29, 1.82) is 0 Å². The van der Waals surface area contributed by atoms with Crippen LogP contribution >= 0.6 is 0 Å². The fraction of sp³-hybridized carbons (Fsp3) is 0.818. The van der Waals surface area contributed by atoms with Crippen LogP contribution in [0.4, 0.5) is 0 Å². The van der Waals surface area contributed by atoms with Gasteiger partial charge in [-0.1, -0.05) is 20.8 Å². The third kappa shape index (κ3) is 0.677. The molecule has 2 saturated carbocycles. The number of hydrogen-bond acceptors (Lipinski definition) is 2. The number of Topliss-reactive ketones (excluding diaryl/α,β-unsaturated/α-hetero) is 1. The predicted molar refractivity (Wildman–Crippen MR) is 52.4 cm³/mol. The number of primary amides is 1. The van der Waals surface area contributed by atoms with Gasteiger partial charge in [0.15, 0.2) is 0 Å². The molecule has 0 radical (unpaired) electrons. The molecule has 0 aromatic rings. The molecule has 2 rings (SSSR count). The summed E-state index contributed by atoms with van der Waals surface area (Å²) in [7, 11) is 0. The highest BCUT2D eigenvalue weighted by Crippen LogP contribution is 2.70. The summed E-state index contributed by atoms with van der Waals surface area (Å²) in [6.45, 7) is 6.00. The quantitative estimate of drug-likeness (QED) is 0.684. The van der Waals surface area contributed by atoms with Crippen molar-refractivity contribution >= 4 is 11.7 Å². The SMILES string of the molecule is CC1(C)[C@@]2(C(N)=O)CC[C@]1(C)C(=O)C2. The van der Waals surface area contributed by atoms with Crippen LogP contribution in [0.15, 0.2) is 0 Å². The third-order valence-electron chi connectivity index (χ3n) is 5.18. The lowest BCUT2D eigenvalue weighted by Gasteiger charge is -2.37. The van der Waals surface area contributed by atoms with Gasteiger partial charge in [-0.2, -0.15) is 0 Å². The van der Waals surface area contributed by atoms with Crippen LogP contribution in [-0.2, 0) is 9.59 Å². The van der Waals surface area contributed by atoms with Crippen LogP contribution in [0.25, 0.3) is 0 Å². The van der Waals surface area contributed by atoms with E-state index in [1.165, 1.54) is 0 Å². The summed E-state index contributed by atoms with van der Waals surface area (Å²) in [5, 5.41) is 0. The van der Waals surface area contributed by atoms with E-state index in [1.807, 2.05) is 20.8 Å². The van der Waals surface area contributed by atoms with Gasteiger partial charge in [0, 0.05) is 11.8 Å². The van der Waals surface area contributed by atoms with Crippen molar-refractivity contribution < 1.29 is 9.59 Å². The van der Waals surface area contributed by atoms with Gasteiger partial charge < -0.3 is 5.73 Å². The Morgan fingerprint density at radius 1 is 1.29 bits per heavy atom. The second-order valence-corrected chi connectivity index (χ2v) is 5.50. The number of carbonyl (C=O) groups is 2. The Labute approximate surface area is 84.0 Å². The van der Waals surface area contributed by atoms with E-state index < -0.39 is 5.41 Å². The highest BCUT2D eigenvalue weighted by atomic mass is 16.2. The first-order valence-electron chi connectivity index (χ1n) is 5.11. The molecule has 0 spiro atoms. The minimum atomic E-state index is -0.571. The molecule has 2 atom stereocenters. The van der Waals surface area contributed by atoms with Crippen LogP contribution in [-0.4, -0.2) is 11.7 Å². The number of ketones is 1. The number of carbonyl (C=O) groups excluding carboxylic acids is 2. The monoisotopic (exact) mass is 195 g/mol. The molecule has 2 fully saturated rings. The molecule has 2 aliphatic carbocycles. The molecule has 3 nitrogen and oxygen atoms in total. The zero-order chi connectivity index (χ0) is 10.8. The lowest BCUT2D eigenvalue weighted by molar-refractivity contribution is -0.133. The molecule has 14 heavy (non-hydrogen) atoms. The van der Waals surface area contributed by atoms with Crippen LogP contribution in [0, 0.1) is 16.2 Å². The Kier molecular flexibility index (Phi) is 1.53. The van der Waals surface area contributed by atoms with Gasteiger partial charge in [-0.15, -0.1) is 0 Å². The lowest BCUT2D eigenvalue weighted by Crippen LogP contribution is -2.44. The number of nitrogens with two attached hydrogens (primary N) is 1. The molecule has 0 aromatic heterocycles. The van der Waals surface area contributed by atoms with E-state index in [9.17, 15) is 9.59 Å². The number of hydrogen-bond donors (Lipinski definition) is 1. The summed E-state index contributed by atoms with van der Waals surface area (Å²) in [6, 6.07) is 0. The molecule has 2 aliphatic rings. The van der Waals surface area contributed by atoms with Crippen molar-refractivity contribution in [1.82, 2.24) is 0 Å². The maximum Gasteiger partial charge on any atom is 0.224 e. The van der Waals surface area contributed by atoms with Gasteiger partial charge in [0.25, 0.3) is 0 Å². The van der Waals surface area contributed by atoms with E-state index in [-0.39, 0.29) is 22.5 Å². The Morgan fingerprint density at radius 2 is 1.86 bits per heavy atom. The Hall–Kier alpha value is -0.860. The van der Waals surface area contributed by atoms with E-state index in [1.54, 1.807) is 0 Å². The highest BCUT2D eigenvalue weighted by molar-refractivity contribution is 5.99. The van der Waals surface area contributed by atoms with Crippen LogP contribution in [0.2, 0.25) is 0 Å². The molecule has 3 heteroatoms. The van der Waals surface area contributed by atoms with E-state index in [0.29, 0.717) is 6.42 Å². The van der Waals surface area contributed by atoms with Crippen molar-refractivity contribution in [2.24, 2.45) is 22.0 Å². The topological polar surface area (TPSA) is 60.2 Å². The fourth-order valence-corrected chi connectivity index (χ4v) is 3.40. The van der Waals surface area contributed by atoms with Gasteiger partial charge in [0.05, 0.1) is 5.41 Å². The van der Waals surface area contributed by atoms with Crippen molar-refractivity contribution in [3.05, 3.63) is 0 Å². The molecular formula is C11H17NO2. The van der Waals surface area contributed by atoms with Crippen LogP contribution in [0.1, 0.15) is 40.0 Å². The lowest BCUT2D eigenvalue weighted by atomic mass is 9.65. The minimum Gasteiger partial charge on any atom is -0.369 e. The van der Waals surface area contributed by atoms with Crippen LogP contribution in [0.3, 0.4) is 0 Å². The van der Waals surface area contributed by atoms with Gasteiger partial charge >= 0.3 is 0 Å². The summed E-state index contributed by atoms with van der Waals surface area (Å²) >= 11 is 0. The molecule has 2 bridgehead atoms. The normalized spacial score (nSPS) is 44.4. The second-order valence-electron chi connectivity index (χ2n) is 5.50. The van der Waals surface area contributed by atoms with Crippen molar-refractivity contribution in [3.8, 4) is 0 Å². The standard InChI is InChI=1S/C11H17NO2/c1-9(2)10(3)4-5-11(9,8(12)14)6-7(10)13/h4-6H2,1-3H3,(H2,12,14)/t10-,11+/m1/s1. The first-order chi connectivity index (χ1) is 6.28. The van der Waals surface area contributed by atoms with Crippen LogP contribution in [0.5, 0.6) is 0 Å². The van der Waals surface area contributed by atoms with Gasteiger partial charge in [0.1, 0.15) is 5.78 Å². The summed E-state index contributed by atoms with van der Waals surface area (Å²) in [4.78, 5) is 23.4. The van der Waals surface area contributed by atoms with E-state index in [4.69, 9.17) is 5.73 Å². The maximum absolute atomic E-state index is 11.9. The van der Waals surface area contributed by atoms with Crippen LogP contribution < -0.4 is 5.73 Å². The Bertz CT molecular complexity index is 334. The van der Waals surface area contributed by atoms with Gasteiger partial charge in [-0.05, 0) is 18.3 Å². The summed E-state index contributed by atoms with van der Waals surface area (Å²) in [6.07, 6.45) is 1.94. The minimum absolute atomic E-state index is 0.215. The zero-order valence-corrected chi connectivity index (χ0v) is 9.02. The summed E-state index contributed by atoms with van der Waals surface area (Å²) < 4.78 is 0. The highest BCUT2D eigenvalue weighted by Gasteiger charge is 2.71. The average Bonchev–Trinajstić information content (AvgIpc) is 2.34. The van der Waals surface area contributed by atoms with E-state index >= 15 is 0 Å². The molecule has 2 N–H and O–H groups in total. The average molecular weight is 195 g/mol. The largest absolute Gasteiger partial charge is 0.369 e. The van der Waals surface area contributed by atoms with Gasteiger partial charge in [-0.25, -0.2) is 0 Å². The molecule has 1 amide bonds. The van der Waals surface area contributed by atoms with Crippen molar-refractivity contribution in [2.75, 3.05) is 0 Å². The molecule has 0 unspecified atom stereocenters. The summed E-state index contributed by atoms with van der Waals surface area (Å²) in [5.41, 5.74) is 4.30. The van der Waals surface area contributed by atoms with E-state index in [2.05, 4.69) is 0 Å². The zero-order valence-electron chi connectivity index (χ0n) is 9.02. The molecule has 0 saturated heterocycles. The fourth-order valence-electron chi connectivity index (χ4n) is 3.40. The number of amides is 1. The molecule has 0 aliphatic heterocycles. The smallest absolute Gasteiger partial charge is 0.224 e. The second kappa shape index (κ2) is 2.20. The molecule has 78 valence electrons. The third-order valence-corrected chi connectivity index (χ3v) is 5.18. The first-order valence-corrected chi connectivity index (χ1v) is 5.11. The Balaban J connectivity index is 2.60.